The maximum absolute atomic E-state index is 6.05. The van der Waals surface area contributed by atoms with Gasteiger partial charge < -0.3 is 5.73 Å². The standard InChI is InChI=1S/C12H16BrN/c1-3-4-5-12(14)10-7-6-9(2)8-11(10)13/h3,6-8,12H,1,4-5,14H2,2H3/t12-/m0/s1. The van der Waals surface area contributed by atoms with Crippen LogP contribution in [0.15, 0.2) is 35.3 Å². The summed E-state index contributed by atoms with van der Waals surface area (Å²) in [4.78, 5) is 0. The lowest BCUT2D eigenvalue weighted by Gasteiger charge is -2.13. The Morgan fingerprint density at radius 1 is 1.57 bits per heavy atom. The van der Waals surface area contributed by atoms with Crippen molar-refractivity contribution in [1.29, 1.82) is 0 Å². The number of aryl methyl sites for hydroxylation is 1. The maximum atomic E-state index is 6.05. The minimum atomic E-state index is 0.1000. The van der Waals surface area contributed by atoms with Gasteiger partial charge in [-0.2, -0.15) is 0 Å². The van der Waals surface area contributed by atoms with Crippen LogP contribution in [0.25, 0.3) is 0 Å². The topological polar surface area (TPSA) is 26.0 Å². The highest BCUT2D eigenvalue weighted by Gasteiger charge is 2.08. The van der Waals surface area contributed by atoms with E-state index in [1.807, 2.05) is 6.08 Å². The SMILES string of the molecule is C=CCC[C@H](N)c1ccc(C)cc1Br. The minimum absolute atomic E-state index is 0.1000. The fourth-order valence-corrected chi connectivity index (χ4v) is 2.17. The van der Waals surface area contributed by atoms with Crippen molar-refractivity contribution in [1.82, 2.24) is 0 Å². The highest BCUT2D eigenvalue weighted by atomic mass is 79.9. The normalized spacial score (nSPS) is 12.5. The van der Waals surface area contributed by atoms with E-state index in [4.69, 9.17) is 5.73 Å². The molecule has 1 atom stereocenters. The number of hydrogen-bond acceptors (Lipinski definition) is 1. The average Bonchev–Trinajstić information content (AvgIpc) is 2.14. The zero-order valence-electron chi connectivity index (χ0n) is 8.46. The Labute approximate surface area is 94.1 Å². The van der Waals surface area contributed by atoms with Gasteiger partial charge in [0, 0.05) is 10.5 Å². The van der Waals surface area contributed by atoms with Crippen LogP contribution >= 0.6 is 15.9 Å². The van der Waals surface area contributed by atoms with Crippen LogP contribution in [0.5, 0.6) is 0 Å². The summed E-state index contributed by atoms with van der Waals surface area (Å²) in [6.45, 7) is 5.77. The number of allylic oxidation sites excluding steroid dienone is 1. The molecule has 0 spiro atoms. The molecule has 0 amide bonds. The van der Waals surface area contributed by atoms with E-state index in [1.165, 1.54) is 11.1 Å². The van der Waals surface area contributed by atoms with E-state index in [9.17, 15) is 0 Å². The van der Waals surface area contributed by atoms with Gasteiger partial charge in [0.25, 0.3) is 0 Å². The lowest BCUT2D eigenvalue weighted by Crippen LogP contribution is -2.10. The third-order valence-corrected chi connectivity index (χ3v) is 2.92. The average molecular weight is 254 g/mol. The Kier molecular flexibility index (Phi) is 4.36. The first-order valence-corrected chi connectivity index (χ1v) is 5.57. The smallest absolute Gasteiger partial charge is 0.0309 e. The van der Waals surface area contributed by atoms with E-state index in [1.54, 1.807) is 0 Å². The molecule has 0 saturated heterocycles. The number of hydrogen-bond donors (Lipinski definition) is 1. The Balaban J connectivity index is 2.78. The Morgan fingerprint density at radius 2 is 2.29 bits per heavy atom. The molecule has 14 heavy (non-hydrogen) atoms. The molecule has 1 rings (SSSR count). The van der Waals surface area contributed by atoms with Gasteiger partial charge in [0.2, 0.25) is 0 Å². The van der Waals surface area contributed by atoms with Gasteiger partial charge in [0.15, 0.2) is 0 Å². The summed E-state index contributed by atoms with van der Waals surface area (Å²) >= 11 is 3.53. The van der Waals surface area contributed by atoms with Crippen molar-refractivity contribution in [2.24, 2.45) is 5.73 Å². The minimum Gasteiger partial charge on any atom is -0.324 e. The molecule has 0 aliphatic carbocycles. The van der Waals surface area contributed by atoms with E-state index in [0.717, 1.165) is 17.3 Å². The van der Waals surface area contributed by atoms with Crippen molar-refractivity contribution in [2.45, 2.75) is 25.8 Å². The quantitative estimate of drug-likeness (QED) is 0.814. The first-order chi connectivity index (χ1) is 6.65. The zero-order valence-corrected chi connectivity index (χ0v) is 10.0. The van der Waals surface area contributed by atoms with Crippen molar-refractivity contribution in [2.75, 3.05) is 0 Å². The van der Waals surface area contributed by atoms with E-state index in [0.29, 0.717) is 0 Å². The van der Waals surface area contributed by atoms with E-state index >= 15 is 0 Å². The van der Waals surface area contributed by atoms with Crippen LogP contribution < -0.4 is 5.73 Å². The lowest BCUT2D eigenvalue weighted by atomic mass is 10.0. The fourth-order valence-electron chi connectivity index (χ4n) is 1.39. The second-order valence-corrected chi connectivity index (χ2v) is 4.35. The molecule has 0 aromatic heterocycles. The molecule has 1 aromatic rings. The molecule has 2 heteroatoms. The molecular weight excluding hydrogens is 238 g/mol. The Morgan fingerprint density at radius 3 is 2.86 bits per heavy atom. The van der Waals surface area contributed by atoms with Gasteiger partial charge in [-0.25, -0.2) is 0 Å². The predicted molar refractivity (Wildman–Crippen MR) is 65.2 cm³/mol. The first kappa shape index (κ1) is 11.5. The van der Waals surface area contributed by atoms with E-state index in [-0.39, 0.29) is 6.04 Å². The van der Waals surface area contributed by atoms with Gasteiger partial charge in [0.1, 0.15) is 0 Å². The van der Waals surface area contributed by atoms with Crippen LogP contribution in [-0.4, -0.2) is 0 Å². The van der Waals surface area contributed by atoms with E-state index < -0.39 is 0 Å². The van der Waals surface area contributed by atoms with Crippen molar-refractivity contribution in [3.8, 4) is 0 Å². The Bertz CT molecular complexity index is 320. The molecule has 0 aliphatic rings. The second-order valence-electron chi connectivity index (χ2n) is 3.50. The summed E-state index contributed by atoms with van der Waals surface area (Å²) in [5.41, 5.74) is 8.48. The summed E-state index contributed by atoms with van der Waals surface area (Å²) in [5, 5.41) is 0. The second kappa shape index (κ2) is 5.32. The predicted octanol–water partition coefficient (Wildman–Crippen LogP) is 3.72. The zero-order chi connectivity index (χ0) is 10.6. The van der Waals surface area contributed by atoms with Gasteiger partial charge in [0.05, 0.1) is 0 Å². The van der Waals surface area contributed by atoms with Crippen LogP contribution in [-0.2, 0) is 0 Å². The molecule has 0 aliphatic heterocycles. The third kappa shape index (κ3) is 2.96. The molecule has 76 valence electrons. The first-order valence-electron chi connectivity index (χ1n) is 4.77. The summed E-state index contributed by atoms with van der Waals surface area (Å²) in [7, 11) is 0. The van der Waals surface area contributed by atoms with Gasteiger partial charge in [-0.15, -0.1) is 6.58 Å². The van der Waals surface area contributed by atoms with Crippen LogP contribution in [0.4, 0.5) is 0 Å². The van der Waals surface area contributed by atoms with Crippen LogP contribution in [0.1, 0.15) is 30.0 Å². The number of rotatable bonds is 4. The molecular formula is C12H16BrN. The molecule has 0 radical (unpaired) electrons. The molecule has 0 heterocycles. The van der Waals surface area contributed by atoms with Gasteiger partial charge >= 0.3 is 0 Å². The summed E-state index contributed by atoms with van der Waals surface area (Å²) in [6.07, 6.45) is 3.81. The number of halogens is 1. The molecule has 0 fully saturated rings. The van der Waals surface area contributed by atoms with Gasteiger partial charge in [-0.3, -0.25) is 0 Å². The Hall–Kier alpha value is -0.600. The van der Waals surface area contributed by atoms with Gasteiger partial charge in [-0.1, -0.05) is 34.1 Å². The molecule has 0 saturated carbocycles. The number of benzene rings is 1. The molecule has 1 aromatic carbocycles. The summed E-state index contributed by atoms with van der Waals surface area (Å²) < 4.78 is 1.11. The van der Waals surface area contributed by atoms with Crippen LogP contribution in [0, 0.1) is 6.92 Å². The maximum Gasteiger partial charge on any atom is 0.0309 e. The third-order valence-electron chi connectivity index (χ3n) is 2.24. The van der Waals surface area contributed by atoms with Crippen molar-refractivity contribution >= 4 is 15.9 Å². The lowest BCUT2D eigenvalue weighted by molar-refractivity contribution is 0.658. The van der Waals surface area contributed by atoms with E-state index in [2.05, 4.69) is 47.6 Å². The summed E-state index contributed by atoms with van der Waals surface area (Å²) in [6, 6.07) is 6.38. The molecule has 0 bridgehead atoms. The highest BCUT2D eigenvalue weighted by Crippen LogP contribution is 2.25. The van der Waals surface area contributed by atoms with Crippen molar-refractivity contribution in [3.63, 3.8) is 0 Å². The number of nitrogens with two attached hydrogens (primary N) is 1. The van der Waals surface area contributed by atoms with Crippen LogP contribution in [0.3, 0.4) is 0 Å². The molecule has 1 nitrogen and oxygen atoms in total. The van der Waals surface area contributed by atoms with Crippen molar-refractivity contribution in [3.05, 3.63) is 46.5 Å². The summed E-state index contributed by atoms with van der Waals surface area (Å²) in [5.74, 6) is 0. The molecule has 0 unspecified atom stereocenters. The van der Waals surface area contributed by atoms with Crippen molar-refractivity contribution < 1.29 is 0 Å². The molecule has 2 N–H and O–H groups in total. The van der Waals surface area contributed by atoms with Crippen LogP contribution in [0.2, 0.25) is 0 Å². The fraction of sp³-hybridized carbons (Fsp3) is 0.333. The monoisotopic (exact) mass is 253 g/mol. The van der Waals surface area contributed by atoms with Gasteiger partial charge in [-0.05, 0) is 37.0 Å². The largest absolute Gasteiger partial charge is 0.324 e. The highest BCUT2D eigenvalue weighted by molar-refractivity contribution is 9.10.